The summed E-state index contributed by atoms with van der Waals surface area (Å²) >= 11 is 5.60. The first kappa shape index (κ1) is 20.2. The molecule has 2 heterocycles. The number of rotatable bonds is 6. The maximum absolute atomic E-state index is 12.7. The molecule has 7 heteroatoms. The molecule has 3 aromatic rings. The summed E-state index contributed by atoms with van der Waals surface area (Å²) in [5, 5.41) is 4.84. The molecule has 0 unspecified atom stereocenters. The van der Waals surface area contributed by atoms with Crippen molar-refractivity contribution in [1.29, 1.82) is 0 Å². The zero-order valence-corrected chi connectivity index (χ0v) is 18.0. The average Bonchev–Trinajstić information content (AvgIpc) is 3.21. The largest absolute Gasteiger partial charge is 0.454 e. The Labute approximate surface area is 180 Å². The first-order chi connectivity index (χ1) is 14.6. The van der Waals surface area contributed by atoms with E-state index in [0.29, 0.717) is 30.3 Å². The third kappa shape index (κ3) is 4.26. The summed E-state index contributed by atoms with van der Waals surface area (Å²) in [6.07, 6.45) is 0.950. The fourth-order valence-corrected chi connectivity index (χ4v) is 3.84. The second-order valence-electron chi connectivity index (χ2n) is 7.28. The van der Waals surface area contributed by atoms with Crippen molar-refractivity contribution < 1.29 is 9.47 Å². The van der Waals surface area contributed by atoms with Gasteiger partial charge in [0.15, 0.2) is 16.6 Å². The van der Waals surface area contributed by atoms with Crippen molar-refractivity contribution in [1.82, 2.24) is 15.2 Å². The summed E-state index contributed by atoms with van der Waals surface area (Å²) in [4.78, 5) is 17.7. The number of pyridine rings is 1. The van der Waals surface area contributed by atoms with E-state index in [9.17, 15) is 4.79 Å². The van der Waals surface area contributed by atoms with Crippen molar-refractivity contribution in [3.63, 3.8) is 0 Å². The third-order valence-electron chi connectivity index (χ3n) is 5.18. The number of aromatic nitrogens is 1. The maximum Gasteiger partial charge on any atom is 0.253 e. The lowest BCUT2D eigenvalue weighted by atomic mass is 10.1. The van der Waals surface area contributed by atoms with Gasteiger partial charge < -0.3 is 24.7 Å². The van der Waals surface area contributed by atoms with Gasteiger partial charge in [0.05, 0.1) is 6.54 Å². The summed E-state index contributed by atoms with van der Waals surface area (Å²) < 4.78 is 10.9. The minimum Gasteiger partial charge on any atom is -0.454 e. The van der Waals surface area contributed by atoms with Gasteiger partial charge in [-0.1, -0.05) is 19.1 Å². The van der Waals surface area contributed by atoms with E-state index in [-0.39, 0.29) is 12.4 Å². The molecule has 1 aliphatic heterocycles. The van der Waals surface area contributed by atoms with Crippen LogP contribution in [0.4, 0.5) is 0 Å². The summed E-state index contributed by atoms with van der Waals surface area (Å²) in [7, 11) is 0. The van der Waals surface area contributed by atoms with Gasteiger partial charge in [0.1, 0.15) is 0 Å². The highest BCUT2D eigenvalue weighted by Gasteiger charge is 2.17. The Kier molecular flexibility index (Phi) is 5.90. The molecule has 4 rings (SSSR count). The van der Waals surface area contributed by atoms with Gasteiger partial charge in [-0.25, -0.2) is 0 Å². The Morgan fingerprint density at radius 1 is 1.07 bits per heavy atom. The van der Waals surface area contributed by atoms with Gasteiger partial charge in [-0.15, -0.1) is 0 Å². The van der Waals surface area contributed by atoms with Crippen LogP contribution in [-0.2, 0) is 19.5 Å². The lowest BCUT2D eigenvalue weighted by Crippen LogP contribution is -2.39. The Hall–Kier alpha value is -3.06. The number of benzene rings is 2. The quantitative estimate of drug-likeness (QED) is 0.589. The van der Waals surface area contributed by atoms with Crippen LogP contribution < -0.4 is 20.3 Å². The monoisotopic (exact) mass is 423 g/mol. The molecule has 6 nitrogen and oxygen atoms in total. The second kappa shape index (κ2) is 8.75. The molecule has 2 aromatic carbocycles. The number of hydrogen-bond acceptors (Lipinski definition) is 4. The summed E-state index contributed by atoms with van der Waals surface area (Å²) in [6, 6.07) is 14.0. The van der Waals surface area contributed by atoms with E-state index in [1.807, 2.05) is 48.2 Å². The predicted molar refractivity (Wildman–Crippen MR) is 122 cm³/mol. The fraction of sp³-hybridized carbons (Fsp3) is 0.304. The number of aryl methyl sites for hydroxylation is 1. The van der Waals surface area contributed by atoms with Crippen LogP contribution in [0.5, 0.6) is 11.5 Å². The van der Waals surface area contributed by atoms with E-state index in [2.05, 4.69) is 23.3 Å². The van der Waals surface area contributed by atoms with Gasteiger partial charge >= 0.3 is 0 Å². The molecule has 0 aliphatic carbocycles. The molecule has 156 valence electrons. The van der Waals surface area contributed by atoms with Gasteiger partial charge in [-0.3, -0.25) is 4.79 Å². The second-order valence-corrected chi connectivity index (χ2v) is 7.66. The van der Waals surface area contributed by atoms with Crippen LogP contribution in [0.2, 0.25) is 0 Å². The number of nitrogens with one attached hydrogen (secondary N) is 2. The molecule has 0 saturated carbocycles. The predicted octanol–water partition coefficient (Wildman–Crippen LogP) is 3.72. The molecule has 0 radical (unpaired) electrons. The highest BCUT2D eigenvalue weighted by atomic mass is 32.1. The fourth-order valence-electron chi connectivity index (χ4n) is 3.57. The van der Waals surface area contributed by atoms with Gasteiger partial charge in [0, 0.05) is 24.2 Å². The number of nitrogens with zero attached hydrogens (tertiary/aromatic N) is 1. The zero-order chi connectivity index (χ0) is 21.1. The van der Waals surface area contributed by atoms with E-state index < -0.39 is 0 Å². The van der Waals surface area contributed by atoms with E-state index in [4.69, 9.17) is 21.7 Å². The summed E-state index contributed by atoms with van der Waals surface area (Å²) in [5.41, 5.74) is 3.70. The smallest absolute Gasteiger partial charge is 0.253 e. The highest BCUT2D eigenvalue weighted by molar-refractivity contribution is 7.80. The van der Waals surface area contributed by atoms with Gasteiger partial charge in [-0.2, -0.15) is 0 Å². The molecule has 0 atom stereocenters. The Bertz CT molecular complexity index is 1140. The molecule has 30 heavy (non-hydrogen) atoms. The van der Waals surface area contributed by atoms with Crippen LogP contribution in [0.3, 0.4) is 0 Å². The third-order valence-corrected chi connectivity index (χ3v) is 5.58. The Morgan fingerprint density at radius 3 is 2.67 bits per heavy atom. The van der Waals surface area contributed by atoms with Gasteiger partial charge in [0.25, 0.3) is 5.56 Å². The van der Waals surface area contributed by atoms with Gasteiger partial charge in [-0.05, 0) is 72.4 Å². The van der Waals surface area contributed by atoms with Crippen LogP contribution >= 0.6 is 12.2 Å². The van der Waals surface area contributed by atoms with Crippen LogP contribution in [0.25, 0.3) is 10.9 Å². The molecular weight excluding hydrogens is 398 g/mol. The van der Waals surface area contributed by atoms with Crippen molar-refractivity contribution in [2.75, 3.05) is 13.3 Å². The lowest BCUT2D eigenvalue weighted by molar-refractivity contribution is 0.174. The van der Waals surface area contributed by atoms with Crippen LogP contribution in [0.15, 0.2) is 47.3 Å². The van der Waals surface area contributed by atoms with Gasteiger partial charge in [0.2, 0.25) is 6.79 Å². The number of hydrogen-bond donors (Lipinski definition) is 2. The Balaban J connectivity index is 1.63. The van der Waals surface area contributed by atoms with Crippen LogP contribution in [-0.4, -0.2) is 28.3 Å². The number of H-pyrrole nitrogens is 1. The van der Waals surface area contributed by atoms with Crippen LogP contribution in [0.1, 0.15) is 30.5 Å². The number of thiocarbonyl (C=S) groups is 1. The van der Waals surface area contributed by atoms with E-state index >= 15 is 0 Å². The van der Waals surface area contributed by atoms with E-state index in [0.717, 1.165) is 34.4 Å². The normalized spacial score (nSPS) is 12.2. The first-order valence-corrected chi connectivity index (χ1v) is 10.5. The molecule has 0 saturated heterocycles. The van der Waals surface area contributed by atoms with Crippen molar-refractivity contribution in [2.24, 2.45) is 0 Å². The molecule has 0 bridgehead atoms. The minimum absolute atomic E-state index is 0.0956. The molecule has 2 N–H and O–H groups in total. The molecule has 0 spiro atoms. The Morgan fingerprint density at radius 2 is 1.87 bits per heavy atom. The average molecular weight is 424 g/mol. The van der Waals surface area contributed by atoms with Crippen LogP contribution in [0, 0.1) is 0 Å². The van der Waals surface area contributed by atoms with E-state index in [1.165, 1.54) is 5.56 Å². The number of aromatic amines is 1. The maximum atomic E-state index is 12.7. The summed E-state index contributed by atoms with van der Waals surface area (Å²) in [6.45, 7) is 6.03. The SMILES string of the molecule is CCNC(=S)N(Cc1ccc2c(c1)OCO2)Cc1cc2cc(CC)ccc2[nH]c1=O. The lowest BCUT2D eigenvalue weighted by Gasteiger charge is -2.26. The molecule has 0 fully saturated rings. The molecule has 1 aliphatic rings. The number of ether oxygens (including phenoxy) is 2. The topological polar surface area (TPSA) is 66.6 Å². The zero-order valence-electron chi connectivity index (χ0n) is 17.2. The summed E-state index contributed by atoms with van der Waals surface area (Å²) in [5.74, 6) is 1.48. The first-order valence-electron chi connectivity index (χ1n) is 10.1. The van der Waals surface area contributed by atoms with Crippen molar-refractivity contribution in [3.05, 3.63) is 69.5 Å². The number of fused-ring (bicyclic) bond motifs is 2. The van der Waals surface area contributed by atoms with E-state index in [1.54, 1.807) is 0 Å². The highest BCUT2D eigenvalue weighted by Crippen LogP contribution is 2.33. The minimum atomic E-state index is -0.0956. The standard InChI is InChI=1S/C23H25N3O3S/c1-3-15-5-7-19-17(9-15)11-18(22(27)25-19)13-26(23(30)24-4-2)12-16-6-8-20-21(10-16)29-14-28-20/h5-11H,3-4,12-14H2,1-2H3,(H,24,30)(H,25,27). The molecular formula is C23H25N3O3S. The molecule has 1 aromatic heterocycles. The van der Waals surface area contributed by atoms with Crippen molar-refractivity contribution >= 4 is 28.2 Å². The van der Waals surface area contributed by atoms with Crippen molar-refractivity contribution in [2.45, 2.75) is 33.4 Å². The molecule has 0 amide bonds. The van der Waals surface area contributed by atoms with Crippen molar-refractivity contribution in [3.8, 4) is 11.5 Å².